The average molecular weight is 324 g/mol. The molecule has 23 heavy (non-hydrogen) atoms. The molecule has 4 heteroatoms. The van der Waals surface area contributed by atoms with Gasteiger partial charge >= 0.3 is 0 Å². The number of benzene rings is 2. The summed E-state index contributed by atoms with van der Waals surface area (Å²) in [6.45, 7) is 4.77. The minimum atomic E-state index is -0.0391. The molecule has 2 aromatic carbocycles. The molecule has 0 aliphatic carbocycles. The van der Waals surface area contributed by atoms with Crippen LogP contribution in [0.4, 0.5) is 0 Å². The summed E-state index contributed by atoms with van der Waals surface area (Å²) in [4.78, 5) is 16.7. The van der Waals surface area contributed by atoms with Crippen LogP contribution in [0.3, 0.4) is 0 Å². The van der Waals surface area contributed by atoms with Crippen molar-refractivity contribution in [1.29, 1.82) is 0 Å². The van der Waals surface area contributed by atoms with Gasteiger partial charge in [0.15, 0.2) is 0 Å². The Bertz CT molecular complexity index is 821. The van der Waals surface area contributed by atoms with Gasteiger partial charge in [0.25, 0.3) is 5.91 Å². The Hall–Kier alpha value is -2.20. The lowest BCUT2D eigenvalue weighted by Gasteiger charge is -2.06. The monoisotopic (exact) mass is 324 g/mol. The molecule has 1 aromatic heterocycles. The maximum atomic E-state index is 12.3. The molecule has 118 valence electrons. The molecule has 3 rings (SSSR count). The summed E-state index contributed by atoms with van der Waals surface area (Å²) in [6.07, 6.45) is 1.89. The lowest BCUT2D eigenvalue weighted by atomic mass is 10.1. The Morgan fingerprint density at radius 3 is 2.61 bits per heavy atom. The normalized spacial score (nSPS) is 10.9. The molecule has 0 saturated carbocycles. The summed E-state index contributed by atoms with van der Waals surface area (Å²) in [5.74, 6) is -0.0391. The van der Waals surface area contributed by atoms with E-state index >= 15 is 0 Å². The van der Waals surface area contributed by atoms with E-state index in [9.17, 15) is 4.79 Å². The molecule has 0 unspecified atom stereocenters. The van der Waals surface area contributed by atoms with Gasteiger partial charge < -0.3 is 5.32 Å². The van der Waals surface area contributed by atoms with E-state index in [0.717, 1.165) is 28.1 Å². The molecular formula is C19H20N2OS. The van der Waals surface area contributed by atoms with Gasteiger partial charge in [0.1, 0.15) is 0 Å². The van der Waals surface area contributed by atoms with Gasteiger partial charge in [-0.2, -0.15) is 0 Å². The average Bonchev–Trinajstić information content (AvgIpc) is 2.94. The van der Waals surface area contributed by atoms with Crippen LogP contribution in [-0.2, 0) is 12.8 Å². The van der Waals surface area contributed by atoms with Crippen LogP contribution in [0.5, 0.6) is 0 Å². The van der Waals surface area contributed by atoms with Gasteiger partial charge in [-0.15, -0.1) is 11.3 Å². The molecule has 0 spiro atoms. The molecular weight excluding hydrogens is 304 g/mol. The highest BCUT2D eigenvalue weighted by atomic mass is 32.1. The summed E-state index contributed by atoms with van der Waals surface area (Å²) >= 11 is 1.65. The fourth-order valence-corrected chi connectivity index (χ4v) is 3.36. The van der Waals surface area contributed by atoms with Gasteiger partial charge in [0.2, 0.25) is 0 Å². The number of hydrogen-bond acceptors (Lipinski definition) is 3. The van der Waals surface area contributed by atoms with Crippen LogP contribution in [0.2, 0.25) is 0 Å². The second kappa shape index (κ2) is 6.92. The van der Waals surface area contributed by atoms with Crippen molar-refractivity contribution in [3.63, 3.8) is 0 Å². The molecule has 0 radical (unpaired) electrons. The van der Waals surface area contributed by atoms with Crippen LogP contribution in [0, 0.1) is 6.92 Å². The lowest BCUT2D eigenvalue weighted by Crippen LogP contribution is -2.25. The van der Waals surface area contributed by atoms with E-state index in [0.29, 0.717) is 12.1 Å². The van der Waals surface area contributed by atoms with E-state index in [1.807, 2.05) is 25.1 Å². The summed E-state index contributed by atoms with van der Waals surface area (Å²) in [5, 5.41) is 4.01. The quantitative estimate of drug-likeness (QED) is 0.766. The first-order valence-corrected chi connectivity index (χ1v) is 8.70. The van der Waals surface area contributed by atoms with Crippen LogP contribution >= 0.6 is 11.3 Å². The smallest absolute Gasteiger partial charge is 0.251 e. The van der Waals surface area contributed by atoms with Crippen molar-refractivity contribution < 1.29 is 4.79 Å². The highest BCUT2D eigenvalue weighted by Gasteiger charge is 2.08. The predicted molar refractivity (Wildman–Crippen MR) is 96.2 cm³/mol. The number of nitrogens with one attached hydrogen (secondary N) is 1. The Balaban J connectivity index is 1.59. The van der Waals surface area contributed by atoms with Crippen molar-refractivity contribution in [2.24, 2.45) is 0 Å². The molecule has 0 aliphatic rings. The zero-order valence-electron chi connectivity index (χ0n) is 13.4. The molecule has 3 aromatic rings. The predicted octanol–water partition coefficient (Wildman–Crippen LogP) is 4.14. The molecule has 0 bridgehead atoms. The van der Waals surface area contributed by atoms with Crippen molar-refractivity contribution in [2.75, 3.05) is 6.54 Å². The number of amides is 1. The Morgan fingerprint density at radius 2 is 1.87 bits per heavy atom. The van der Waals surface area contributed by atoms with Crippen molar-refractivity contribution in [2.45, 2.75) is 26.7 Å². The zero-order chi connectivity index (χ0) is 16.2. The van der Waals surface area contributed by atoms with Gasteiger partial charge in [0.05, 0.1) is 15.2 Å². The molecule has 0 atom stereocenters. The fraction of sp³-hybridized carbons (Fsp3) is 0.263. The van der Waals surface area contributed by atoms with Crippen LogP contribution in [0.1, 0.15) is 33.4 Å². The molecule has 0 saturated heterocycles. The van der Waals surface area contributed by atoms with Gasteiger partial charge in [-0.25, -0.2) is 4.98 Å². The summed E-state index contributed by atoms with van der Waals surface area (Å²) < 4.78 is 1.12. The van der Waals surface area contributed by atoms with Gasteiger partial charge in [-0.1, -0.05) is 31.2 Å². The van der Waals surface area contributed by atoms with Crippen LogP contribution in [-0.4, -0.2) is 17.4 Å². The first-order chi connectivity index (χ1) is 11.2. The largest absolute Gasteiger partial charge is 0.352 e. The standard InChI is InChI=1S/C19H20N2OS/c1-3-14-4-6-15(7-5-14)10-11-20-19(22)16-8-9-18-17(12-16)21-13(2)23-18/h4-9,12H,3,10-11H2,1-2H3,(H,20,22). The van der Waals surface area contributed by atoms with E-state index in [4.69, 9.17) is 0 Å². The van der Waals surface area contributed by atoms with Gasteiger partial charge in [-0.3, -0.25) is 4.79 Å². The number of fused-ring (bicyclic) bond motifs is 1. The molecule has 0 fully saturated rings. The number of rotatable bonds is 5. The highest BCUT2D eigenvalue weighted by molar-refractivity contribution is 7.18. The fourth-order valence-electron chi connectivity index (χ4n) is 2.55. The maximum absolute atomic E-state index is 12.3. The third-order valence-corrected chi connectivity index (χ3v) is 4.84. The minimum Gasteiger partial charge on any atom is -0.352 e. The lowest BCUT2D eigenvalue weighted by molar-refractivity contribution is 0.0954. The molecule has 1 amide bonds. The first-order valence-electron chi connectivity index (χ1n) is 7.89. The van der Waals surface area contributed by atoms with Crippen LogP contribution in [0.25, 0.3) is 10.2 Å². The van der Waals surface area contributed by atoms with Gasteiger partial charge in [-0.05, 0) is 49.1 Å². The Kier molecular flexibility index (Phi) is 4.72. The topological polar surface area (TPSA) is 42.0 Å². The molecule has 1 N–H and O–H groups in total. The second-order valence-corrected chi connectivity index (χ2v) is 6.83. The first kappa shape index (κ1) is 15.7. The second-order valence-electron chi connectivity index (χ2n) is 5.59. The number of thiazole rings is 1. The van der Waals surface area contributed by atoms with Crippen molar-refractivity contribution in [3.8, 4) is 0 Å². The van der Waals surface area contributed by atoms with E-state index in [1.54, 1.807) is 11.3 Å². The third-order valence-electron chi connectivity index (χ3n) is 3.89. The van der Waals surface area contributed by atoms with Crippen molar-refractivity contribution in [1.82, 2.24) is 10.3 Å². The summed E-state index contributed by atoms with van der Waals surface area (Å²) in [5.41, 5.74) is 4.15. The van der Waals surface area contributed by atoms with Crippen molar-refractivity contribution >= 4 is 27.5 Å². The maximum Gasteiger partial charge on any atom is 0.251 e. The molecule has 1 heterocycles. The Labute approximate surface area is 140 Å². The Morgan fingerprint density at radius 1 is 1.13 bits per heavy atom. The summed E-state index contributed by atoms with van der Waals surface area (Å²) in [6, 6.07) is 14.3. The van der Waals surface area contributed by atoms with E-state index in [-0.39, 0.29) is 5.91 Å². The number of nitrogens with zero attached hydrogens (tertiary/aromatic N) is 1. The summed E-state index contributed by atoms with van der Waals surface area (Å²) in [7, 11) is 0. The third kappa shape index (κ3) is 3.77. The van der Waals surface area contributed by atoms with Gasteiger partial charge in [0, 0.05) is 12.1 Å². The number of carbonyl (C=O) groups is 1. The van der Waals surface area contributed by atoms with E-state index in [1.165, 1.54) is 11.1 Å². The van der Waals surface area contributed by atoms with Crippen LogP contribution < -0.4 is 5.32 Å². The molecule has 3 nitrogen and oxygen atoms in total. The molecule has 0 aliphatic heterocycles. The van der Waals surface area contributed by atoms with Crippen molar-refractivity contribution in [3.05, 3.63) is 64.2 Å². The van der Waals surface area contributed by atoms with Crippen LogP contribution in [0.15, 0.2) is 42.5 Å². The highest BCUT2D eigenvalue weighted by Crippen LogP contribution is 2.22. The number of carbonyl (C=O) groups excluding carboxylic acids is 1. The number of aromatic nitrogens is 1. The SMILES string of the molecule is CCc1ccc(CCNC(=O)c2ccc3sc(C)nc3c2)cc1. The number of aryl methyl sites for hydroxylation is 2. The zero-order valence-corrected chi connectivity index (χ0v) is 14.2. The number of hydrogen-bond donors (Lipinski definition) is 1. The van der Waals surface area contributed by atoms with E-state index in [2.05, 4.69) is 41.5 Å². The van der Waals surface area contributed by atoms with E-state index < -0.39 is 0 Å². The minimum absolute atomic E-state index is 0.0391.